The van der Waals surface area contributed by atoms with Crippen LogP contribution in [0.25, 0.3) is 0 Å². The van der Waals surface area contributed by atoms with Gasteiger partial charge in [0.15, 0.2) is 0 Å². The van der Waals surface area contributed by atoms with Crippen LogP contribution in [0.3, 0.4) is 0 Å². The Bertz CT molecular complexity index is 182. The van der Waals surface area contributed by atoms with Crippen molar-refractivity contribution in [3.05, 3.63) is 0 Å². The molecule has 0 saturated heterocycles. The average Bonchev–Trinajstić information content (AvgIpc) is 2.42. The van der Waals surface area contributed by atoms with Gasteiger partial charge in [0.05, 0.1) is 0 Å². The fraction of sp³-hybridized carbons (Fsp3) is 1.00. The van der Waals surface area contributed by atoms with E-state index in [1.807, 2.05) is 0 Å². The van der Waals surface area contributed by atoms with E-state index in [4.69, 9.17) is 9.84 Å². The smallest absolute Gasteiger partial charge is 0.0491 e. The van der Waals surface area contributed by atoms with E-state index >= 15 is 0 Å². The Balaban J connectivity index is 3.22. The van der Waals surface area contributed by atoms with Gasteiger partial charge in [-0.15, -0.1) is 0 Å². The van der Waals surface area contributed by atoms with Crippen molar-refractivity contribution in [3.8, 4) is 0 Å². The van der Waals surface area contributed by atoms with Gasteiger partial charge in [-0.1, -0.05) is 65.7 Å². The molecule has 2 atom stereocenters. The predicted molar refractivity (Wildman–Crippen MR) is 88.1 cm³/mol. The average molecular weight is 286 g/mol. The zero-order valence-electron chi connectivity index (χ0n) is 14.2. The van der Waals surface area contributed by atoms with Gasteiger partial charge >= 0.3 is 0 Å². The summed E-state index contributed by atoms with van der Waals surface area (Å²) >= 11 is 0. The van der Waals surface area contributed by atoms with Gasteiger partial charge in [-0.3, -0.25) is 0 Å². The van der Waals surface area contributed by atoms with Crippen molar-refractivity contribution >= 4 is 0 Å². The molecule has 2 heteroatoms. The van der Waals surface area contributed by atoms with E-state index in [1.165, 1.54) is 57.8 Å². The van der Waals surface area contributed by atoms with Crippen molar-refractivity contribution in [2.45, 2.75) is 85.0 Å². The third-order valence-corrected chi connectivity index (χ3v) is 4.06. The molecule has 0 amide bonds. The molecule has 0 bridgehead atoms. The van der Waals surface area contributed by atoms with Gasteiger partial charge in [0.1, 0.15) is 0 Å². The molecule has 0 heterocycles. The highest BCUT2D eigenvalue weighted by molar-refractivity contribution is 4.57. The summed E-state index contributed by atoms with van der Waals surface area (Å²) in [5, 5.41) is 8.86. The second-order valence-corrected chi connectivity index (χ2v) is 6.50. The molecule has 0 aromatic carbocycles. The standard InChI is InChI=1S/C18H38O2/c1-4-5-6-7-8-9-15-20-16-18(3)12-10-11-17(2)13-14-19/h17-19H,4-16H2,1-3H3. The Morgan fingerprint density at radius 3 is 2.15 bits per heavy atom. The first-order chi connectivity index (χ1) is 9.70. The van der Waals surface area contributed by atoms with Gasteiger partial charge < -0.3 is 9.84 Å². The van der Waals surface area contributed by atoms with Crippen molar-refractivity contribution < 1.29 is 9.84 Å². The van der Waals surface area contributed by atoms with Crippen LogP contribution >= 0.6 is 0 Å². The first kappa shape index (κ1) is 19.9. The number of hydrogen-bond acceptors (Lipinski definition) is 2. The van der Waals surface area contributed by atoms with Crippen LogP contribution in [-0.4, -0.2) is 24.9 Å². The Labute approximate surface area is 127 Å². The van der Waals surface area contributed by atoms with E-state index in [2.05, 4.69) is 20.8 Å². The van der Waals surface area contributed by atoms with E-state index in [0.29, 0.717) is 18.4 Å². The van der Waals surface area contributed by atoms with E-state index in [1.54, 1.807) is 0 Å². The SMILES string of the molecule is CCCCCCCCOCC(C)CCCC(C)CCO. The van der Waals surface area contributed by atoms with Crippen LogP contribution in [-0.2, 0) is 4.74 Å². The van der Waals surface area contributed by atoms with Crippen LogP contribution in [0.4, 0.5) is 0 Å². The maximum absolute atomic E-state index is 8.86. The lowest BCUT2D eigenvalue weighted by molar-refractivity contribution is 0.0971. The lowest BCUT2D eigenvalue weighted by Gasteiger charge is -2.14. The molecule has 0 saturated carbocycles. The minimum atomic E-state index is 0.331. The third-order valence-electron chi connectivity index (χ3n) is 4.06. The number of unbranched alkanes of at least 4 members (excludes halogenated alkanes) is 5. The highest BCUT2D eigenvalue weighted by Gasteiger charge is 2.05. The number of hydrogen-bond donors (Lipinski definition) is 1. The molecule has 0 aromatic rings. The molecule has 0 rings (SSSR count). The zero-order chi connectivity index (χ0) is 15.1. The van der Waals surface area contributed by atoms with Crippen molar-refractivity contribution in [1.29, 1.82) is 0 Å². The number of aliphatic hydroxyl groups excluding tert-OH is 1. The molecule has 122 valence electrons. The topological polar surface area (TPSA) is 29.5 Å². The van der Waals surface area contributed by atoms with Crippen LogP contribution in [0.15, 0.2) is 0 Å². The summed E-state index contributed by atoms with van der Waals surface area (Å²) in [6.45, 7) is 8.97. The molecule has 0 aliphatic heterocycles. The molecule has 0 aliphatic carbocycles. The summed E-state index contributed by atoms with van der Waals surface area (Å²) in [6, 6.07) is 0. The molecule has 0 fully saturated rings. The highest BCUT2D eigenvalue weighted by atomic mass is 16.5. The third kappa shape index (κ3) is 14.3. The van der Waals surface area contributed by atoms with Gasteiger partial charge in [-0.25, -0.2) is 0 Å². The van der Waals surface area contributed by atoms with Crippen molar-refractivity contribution in [3.63, 3.8) is 0 Å². The molecule has 2 nitrogen and oxygen atoms in total. The Morgan fingerprint density at radius 2 is 1.45 bits per heavy atom. The van der Waals surface area contributed by atoms with Crippen molar-refractivity contribution in [2.75, 3.05) is 19.8 Å². The second-order valence-electron chi connectivity index (χ2n) is 6.50. The summed E-state index contributed by atoms with van der Waals surface area (Å²) < 4.78 is 5.77. The van der Waals surface area contributed by atoms with Gasteiger partial charge in [0.2, 0.25) is 0 Å². The maximum atomic E-state index is 8.86. The first-order valence-corrected chi connectivity index (χ1v) is 8.89. The van der Waals surface area contributed by atoms with Crippen LogP contribution in [0.2, 0.25) is 0 Å². The Hall–Kier alpha value is -0.0800. The molecular formula is C18H38O2. The second kappa shape index (κ2) is 15.3. The summed E-state index contributed by atoms with van der Waals surface area (Å²) in [5.41, 5.74) is 0. The quantitative estimate of drug-likeness (QED) is 0.420. The molecule has 20 heavy (non-hydrogen) atoms. The van der Waals surface area contributed by atoms with Gasteiger partial charge in [-0.2, -0.15) is 0 Å². The summed E-state index contributed by atoms with van der Waals surface area (Å²) in [4.78, 5) is 0. The number of ether oxygens (including phenoxy) is 1. The Morgan fingerprint density at radius 1 is 0.800 bits per heavy atom. The van der Waals surface area contributed by atoms with Crippen LogP contribution in [0.5, 0.6) is 0 Å². The molecule has 0 spiro atoms. The van der Waals surface area contributed by atoms with E-state index in [-0.39, 0.29) is 0 Å². The van der Waals surface area contributed by atoms with Gasteiger partial charge in [0, 0.05) is 19.8 Å². The molecule has 0 aromatic heterocycles. The number of aliphatic hydroxyl groups is 1. The van der Waals surface area contributed by atoms with E-state index in [9.17, 15) is 0 Å². The van der Waals surface area contributed by atoms with E-state index < -0.39 is 0 Å². The zero-order valence-corrected chi connectivity index (χ0v) is 14.2. The lowest BCUT2D eigenvalue weighted by atomic mass is 9.97. The molecule has 0 aliphatic rings. The van der Waals surface area contributed by atoms with Crippen molar-refractivity contribution in [2.24, 2.45) is 11.8 Å². The van der Waals surface area contributed by atoms with Crippen LogP contribution in [0, 0.1) is 11.8 Å². The fourth-order valence-electron chi connectivity index (χ4n) is 2.53. The van der Waals surface area contributed by atoms with Gasteiger partial charge in [-0.05, 0) is 31.1 Å². The van der Waals surface area contributed by atoms with Crippen LogP contribution in [0.1, 0.15) is 85.0 Å². The van der Waals surface area contributed by atoms with Crippen LogP contribution < -0.4 is 0 Å². The normalized spacial score (nSPS) is 14.4. The molecular weight excluding hydrogens is 248 g/mol. The molecule has 1 N–H and O–H groups in total. The van der Waals surface area contributed by atoms with E-state index in [0.717, 1.165) is 19.6 Å². The monoisotopic (exact) mass is 286 g/mol. The minimum absolute atomic E-state index is 0.331. The minimum Gasteiger partial charge on any atom is -0.396 e. The fourth-order valence-corrected chi connectivity index (χ4v) is 2.53. The highest BCUT2D eigenvalue weighted by Crippen LogP contribution is 2.15. The summed E-state index contributed by atoms with van der Waals surface area (Å²) in [5.74, 6) is 1.34. The largest absolute Gasteiger partial charge is 0.396 e. The lowest BCUT2D eigenvalue weighted by Crippen LogP contribution is -2.08. The number of rotatable bonds is 15. The predicted octanol–water partition coefficient (Wildman–Crippen LogP) is 5.19. The first-order valence-electron chi connectivity index (χ1n) is 8.89. The maximum Gasteiger partial charge on any atom is 0.0491 e. The molecule has 0 radical (unpaired) electrons. The summed E-state index contributed by atoms with van der Waals surface area (Å²) in [6.07, 6.45) is 12.7. The van der Waals surface area contributed by atoms with Gasteiger partial charge in [0.25, 0.3) is 0 Å². The summed E-state index contributed by atoms with van der Waals surface area (Å²) in [7, 11) is 0. The Kier molecular flexibility index (Phi) is 15.3. The van der Waals surface area contributed by atoms with Crippen molar-refractivity contribution in [1.82, 2.24) is 0 Å². The molecule has 2 unspecified atom stereocenters.